The summed E-state index contributed by atoms with van der Waals surface area (Å²) in [6, 6.07) is 4.75. The van der Waals surface area contributed by atoms with Gasteiger partial charge in [-0.05, 0) is 25.5 Å². The van der Waals surface area contributed by atoms with Gasteiger partial charge in [0, 0.05) is 30.3 Å². The van der Waals surface area contributed by atoms with Crippen LogP contribution in [0.2, 0.25) is 0 Å². The molecule has 0 radical (unpaired) electrons. The summed E-state index contributed by atoms with van der Waals surface area (Å²) in [4.78, 5) is 12.6. The first-order valence-corrected chi connectivity index (χ1v) is 6.32. The molecule has 1 aromatic carbocycles. The van der Waals surface area contributed by atoms with E-state index in [9.17, 15) is 15.2 Å². The van der Waals surface area contributed by atoms with Crippen LogP contribution in [-0.2, 0) is 6.54 Å². The molecule has 1 aromatic rings. The molecule has 0 spiro atoms. The highest BCUT2D eigenvalue weighted by Gasteiger charge is 2.25. The highest BCUT2D eigenvalue weighted by atomic mass is 35.5. The van der Waals surface area contributed by atoms with Crippen molar-refractivity contribution in [3.05, 3.63) is 33.9 Å². The normalized spacial score (nSPS) is 18.6. The van der Waals surface area contributed by atoms with Crippen molar-refractivity contribution in [1.29, 1.82) is 0 Å². The maximum absolute atomic E-state index is 10.8. The first kappa shape index (κ1) is 16.7. The Morgan fingerprint density at radius 3 is 2.90 bits per heavy atom. The van der Waals surface area contributed by atoms with Gasteiger partial charge in [-0.25, -0.2) is 0 Å². The third-order valence-electron chi connectivity index (χ3n) is 3.56. The molecule has 1 atom stereocenters. The minimum atomic E-state index is -0.406. The number of benzene rings is 1. The molecule has 0 bridgehead atoms. The molecule has 0 unspecified atom stereocenters. The lowest BCUT2D eigenvalue weighted by Gasteiger charge is -2.23. The molecule has 7 heteroatoms. The Bertz CT molecular complexity index is 470. The molecule has 1 N–H and O–H groups in total. The highest BCUT2D eigenvalue weighted by Crippen LogP contribution is 2.28. The fourth-order valence-electron chi connectivity index (χ4n) is 2.53. The van der Waals surface area contributed by atoms with Crippen molar-refractivity contribution < 1.29 is 14.8 Å². The number of methoxy groups -OCH3 is 1. The van der Waals surface area contributed by atoms with Gasteiger partial charge in [-0.1, -0.05) is 0 Å². The monoisotopic (exact) mass is 302 g/mol. The molecule has 0 saturated carbocycles. The zero-order valence-electron chi connectivity index (χ0n) is 11.3. The first-order chi connectivity index (χ1) is 9.15. The van der Waals surface area contributed by atoms with E-state index >= 15 is 0 Å². The van der Waals surface area contributed by atoms with Gasteiger partial charge in [0.2, 0.25) is 0 Å². The average molecular weight is 303 g/mol. The SMILES string of the molecule is COc1ccc([N+](=O)[O-])cc1CN1CCC[C@@H]1CO.Cl. The number of aliphatic hydroxyl groups excluding tert-OH is 1. The number of aliphatic hydroxyl groups is 1. The number of nitrogens with zero attached hydrogens (tertiary/aromatic N) is 2. The zero-order valence-corrected chi connectivity index (χ0v) is 12.1. The van der Waals surface area contributed by atoms with Crippen LogP contribution in [-0.4, -0.2) is 41.2 Å². The van der Waals surface area contributed by atoms with Crippen LogP contribution in [0.4, 0.5) is 5.69 Å². The molecule has 0 amide bonds. The van der Waals surface area contributed by atoms with Crippen molar-refractivity contribution >= 4 is 18.1 Å². The van der Waals surface area contributed by atoms with Gasteiger partial charge in [-0.15, -0.1) is 12.4 Å². The number of nitro groups is 1. The molecule has 1 aliphatic rings. The van der Waals surface area contributed by atoms with Gasteiger partial charge >= 0.3 is 0 Å². The van der Waals surface area contributed by atoms with Gasteiger partial charge in [-0.2, -0.15) is 0 Å². The largest absolute Gasteiger partial charge is 0.496 e. The van der Waals surface area contributed by atoms with Crippen LogP contribution in [0.25, 0.3) is 0 Å². The minimum absolute atomic E-state index is 0. The summed E-state index contributed by atoms with van der Waals surface area (Å²) in [6.07, 6.45) is 2.01. The van der Waals surface area contributed by atoms with Crippen molar-refractivity contribution in [2.75, 3.05) is 20.3 Å². The summed E-state index contributed by atoms with van der Waals surface area (Å²) in [7, 11) is 1.55. The molecule has 1 saturated heterocycles. The molecule has 0 aliphatic carbocycles. The number of hydrogen-bond donors (Lipinski definition) is 1. The van der Waals surface area contributed by atoms with Gasteiger partial charge in [0.1, 0.15) is 5.75 Å². The Morgan fingerprint density at radius 1 is 1.55 bits per heavy atom. The molecule has 1 heterocycles. The summed E-state index contributed by atoms with van der Waals surface area (Å²) in [5.74, 6) is 0.647. The first-order valence-electron chi connectivity index (χ1n) is 6.32. The van der Waals surface area contributed by atoms with Crippen LogP contribution < -0.4 is 4.74 Å². The summed E-state index contributed by atoms with van der Waals surface area (Å²) in [5, 5.41) is 20.1. The number of hydrogen-bond acceptors (Lipinski definition) is 5. The Morgan fingerprint density at radius 2 is 2.30 bits per heavy atom. The van der Waals surface area contributed by atoms with Crippen LogP contribution in [0.5, 0.6) is 5.75 Å². The lowest BCUT2D eigenvalue weighted by atomic mass is 10.1. The van der Waals surface area contributed by atoms with E-state index in [4.69, 9.17) is 4.74 Å². The van der Waals surface area contributed by atoms with Gasteiger partial charge in [0.05, 0.1) is 18.6 Å². The Balaban J connectivity index is 0.00000200. The number of halogens is 1. The molecule has 2 rings (SSSR count). The second-order valence-corrected chi connectivity index (χ2v) is 4.70. The molecular formula is C13H19ClN2O4. The van der Waals surface area contributed by atoms with E-state index in [0.717, 1.165) is 24.9 Å². The fraction of sp³-hybridized carbons (Fsp3) is 0.538. The smallest absolute Gasteiger partial charge is 0.270 e. The standard InChI is InChI=1S/C13H18N2O4.ClH/c1-19-13-5-4-11(15(17)18)7-10(13)8-14-6-2-3-12(14)9-16;/h4-5,7,12,16H,2-3,6,8-9H2,1H3;1H/t12-;/m1./s1. The molecule has 1 fully saturated rings. The summed E-state index contributed by atoms with van der Waals surface area (Å²) < 4.78 is 5.25. The second kappa shape index (κ2) is 7.42. The van der Waals surface area contributed by atoms with Crippen molar-refractivity contribution in [2.24, 2.45) is 0 Å². The van der Waals surface area contributed by atoms with Gasteiger partial charge in [0.25, 0.3) is 5.69 Å². The topological polar surface area (TPSA) is 75.8 Å². The van der Waals surface area contributed by atoms with E-state index < -0.39 is 4.92 Å². The zero-order chi connectivity index (χ0) is 13.8. The number of non-ortho nitro benzene ring substituents is 1. The van der Waals surface area contributed by atoms with Crippen LogP contribution in [0.3, 0.4) is 0 Å². The lowest BCUT2D eigenvalue weighted by Crippen LogP contribution is -2.31. The van der Waals surface area contributed by atoms with Crippen molar-refractivity contribution in [2.45, 2.75) is 25.4 Å². The summed E-state index contributed by atoms with van der Waals surface area (Å²) >= 11 is 0. The predicted octanol–water partition coefficient (Wildman–Crippen LogP) is 1.98. The second-order valence-electron chi connectivity index (χ2n) is 4.70. The Hall–Kier alpha value is -1.37. The van der Waals surface area contributed by atoms with Crippen LogP contribution in [0, 0.1) is 10.1 Å². The number of nitro benzene ring substituents is 1. The van der Waals surface area contributed by atoms with Gasteiger partial charge in [-0.3, -0.25) is 15.0 Å². The van der Waals surface area contributed by atoms with Gasteiger partial charge in [0.15, 0.2) is 0 Å². The third kappa shape index (κ3) is 3.59. The maximum Gasteiger partial charge on any atom is 0.270 e. The van der Waals surface area contributed by atoms with E-state index in [1.165, 1.54) is 6.07 Å². The lowest BCUT2D eigenvalue weighted by molar-refractivity contribution is -0.385. The molecule has 1 aliphatic heterocycles. The van der Waals surface area contributed by atoms with Gasteiger partial charge < -0.3 is 9.84 Å². The quantitative estimate of drug-likeness (QED) is 0.665. The predicted molar refractivity (Wildman–Crippen MR) is 77.4 cm³/mol. The van der Waals surface area contributed by atoms with Crippen LogP contribution in [0.1, 0.15) is 18.4 Å². The highest BCUT2D eigenvalue weighted by molar-refractivity contribution is 5.85. The fourth-order valence-corrected chi connectivity index (χ4v) is 2.53. The molecule has 6 nitrogen and oxygen atoms in total. The number of likely N-dealkylation sites (tertiary alicyclic amines) is 1. The van der Waals surface area contributed by atoms with Crippen LogP contribution in [0.15, 0.2) is 18.2 Å². The van der Waals surface area contributed by atoms with E-state index in [-0.39, 0.29) is 30.7 Å². The van der Waals surface area contributed by atoms with Crippen LogP contribution >= 0.6 is 12.4 Å². The van der Waals surface area contributed by atoms with E-state index in [1.54, 1.807) is 19.2 Å². The Labute approximate surface area is 123 Å². The molecular weight excluding hydrogens is 284 g/mol. The maximum atomic E-state index is 10.8. The van der Waals surface area contributed by atoms with E-state index in [2.05, 4.69) is 4.90 Å². The minimum Gasteiger partial charge on any atom is -0.496 e. The summed E-state index contributed by atoms with van der Waals surface area (Å²) in [5.41, 5.74) is 0.854. The van der Waals surface area contributed by atoms with Crippen molar-refractivity contribution in [3.8, 4) is 5.75 Å². The van der Waals surface area contributed by atoms with Crippen molar-refractivity contribution in [1.82, 2.24) is 4.90 Å². The molecule has 112 valence electrons. The molecule has 20 heavy (non-hydrogen) atoms. The molecule has 0 aromatic heterocycles. The van der Waals surface area contributed by atoms with Crippen molar-refractivity contribution in [3.63, 3.8) is 0 Å². The summed E-state index contributed by atoms with van der Waals surface area (Å²) in [6.45, 7) is 1.59. The van der Waals surface area contributed by atoms with E-state index in [1.807, 2.05) is 0 Å². The Kier molecular flexibility index (Phi) is 6.19. The van der Waals surface area contributed by atoms with E-state index in [0.29, 0.717) is 12.3 Å². The number of ether oxygens (including phenoxy) is 1. The third-order valence-corrected chi connectivity index (χ3v) is 3.56. The average Bonchev–Trinajstić information content (AvgIpc) is 2.85. The number of rotatable bonds is 5.